The van der Waals surface area contributed by atoms with Gasteiger partial charge in [0.15, 0.2) is 0 Å². The fourth-order valence-corrected chi connectivity index (χ4v) is 4.15. The molecule has 1 aromatic heterocycles. The van der Waals surface area contributed by atoms with Crippen LogP contribution in [-0.2, 0) is 22.0 Å². The number of aromatic nitrogens is 1. The molecule has 7 nitrogen and oxygen atoms in total. The third kappa shape index (κ3) is 8.32. The molecule has 2 rings (SSSR count). The number of nitrogens with one attached hydrogen (secondary N) is 2. The first kappa shape index (κ1) is 25.4. The van der Waals surface area contributed by atoms with Gasteiger partial charge in [-0.15, -0.1) is 11.3 Å². The van der Waals surface area contributed by atoms with Crippen molar-refractivity contribution in [1.29, 1.82) is 0 Å². The Balaban J connectivity index is 2.31. The number of rotatable bonds is 9. The predicted octanol–water partition coefficient (Wildman–Crippen LogP) is 5.04. The lowest BCUT2D eigenvalue weighted by molar-refractivity contribution is 0.0503. The van der Waals surface area contributed by atoms with Crippen LogP contribution in [0.3, 0.4) is 0 Å². The summed E-state index contributed by atoms with van der Waals surface area (Å²) in [4.78, 5) is 18.0. The van der Waals surface area contributed by atoms with Gasteiger partial charge in [0.1, 0.15) is 10.6 Å². The summed E-state index contributed by atoms with van der Waals surface area (Å²) < 4.78 is 29.5. The summed E-state index contributed by atoms with van der Waals surface area (Å²) in [5.41, 5.74) is 1.73. The molecule has 0 bridgehead atoms. The quantitative estimate of drug-likeness (QED) is 0.349. The Bertz CT molecular complexity index is 1050. The van der Waals surface area contributed by atoms with Crippen molar-refractivity contribution in [2.45, 2.75) is 45.8 Å². The zero-order valence-electron chi connectivity index (χ0n) is 18.6. The average molecular weight is 476 g/mol. The number of amides is 1. The zero-order valence-corrected chi connectivity index (χ0v) is 20.3. The van der Waals surface area contributed by atoms with Crippen LogP contribution in [-0.4, -0.2) is 25.1 Å². The van der Waals surface area contributed by atoms with Crippen LogP contribution < -0.4 is 10.0 Å². The van der Waals surface area contributed by atoms with Crippen LogP contribution in [0.1, 0.15) is 49.2 Å². The van der Waals surface area contributed by atoms with Crippen molar-refractivity contribution in [2.75, 3.05) is 4.72 Å². The van der Waals surface area contributed by atoms with Gasteiger partial charge in [-0.2, -0.15) is 0 Å². The van der Waals surface area contributed by atoms with Gasteiger partial charge in [-0.3, -0.25) is 4.72 Å². The van der Waals surface area contributed by atoms with E-state index in [1.54, 1.807) is 45.2 Å². The van der Waals surface area contributed by atoms with Gasteiger partial charge in [0, 0.05) is 11.9 Å². The molecule has 172 valence electrons. The van der Waals surface area contributed by atoms with E-state index in [1.807, 2.05) is 37.3 Å². The van der Waals surface area contributed by atoms with Crippen molar-refractivity contribution in [1.82, 2.24) is 10.3 Å². The third-order valence-electron chi connectivity index (χ3n) is 4.05. The van der Waals surface area contributed by atoms with Crippen molar-refractivity contribution in [3.8, 4) is 0 Å². The molecular weight excluding hydrogens is 446 g/mol. The summed E-state index contributed by atoms with van der Waals surface area (Å²) in [7, 11) is -2.72. The maximum atomic E-state index is 12.5. The van der Waals surface area contributed by atoms with E-state index in [0.29, 0.717) is 12.1 Å². The molecule has 0 saturated heterocycles. The molecule has 0 aliphatic rings. The van der Waals surface area contributed by atoms with Gasteiger partial charge in [-0.25, -0.2) is 18.2 Å². The van der Waals surface area contributed by atoms with E-state index >= 15 is 0 Å². The van der Waals surface area contributed by atoms with E-state index in [9.17, 15) is 13.2 Å². The molecule has 0 fully saturated rings. The lowest BCUT2D eigenvalue weighted by Gasteiger charge is -2.23. The number of hydrogen-bond acceptors (Lipinski definition) is 6. The molecule has 0 unspecified atom stereocenters. The number of allylic oxidation sites excluding steroid dienone is 5. The average Bonchev–Trinajstić information content (AvgIpc) is 3.17. The topological polar surface area (TPSA) is 97.4 Å². The van der Waals surface area contributed by atoms with E-state index in [-0.39, 0.29) is 0 Å². The molecule has 1 atom stereocenters. The molecule has 0 spiro atoms. The molecule has 1 aromatic carbocycles. The minimum Gasteiger partial charge on any atom is -0.444 e. The molecule has 32 heavy (non-hydrogen) atoms. The highest BCUT2D eigenvalue weighted by atomic mass is 32.2. The summed E-state index contributed by atoms with van der Waals surface area (Å²) in [6.07, 6.45) is 9.24. The fourth-order valence-electron chi connectivity index (χ4n) is 2.81. The standard InChI is InChI=1S/C23H29N3O4S2/c1-6-8-17(9-7-2)20-15-24-21(31-20)19(25-22(27)30-23(3,4)5)14-16-10-12-18(13-11-16)26-32(28)29/h6-13,15,19,32H,1,14H2,2-5H3,(H,25,27)(H,26,28,29)/b9-7-,17-8+/t19-/m0/s1. The van der Waals surface area contributed by atoms with Gasteiger partial charge in [-0.1, -0.05) is 43.0 Å². The Hall–Kier alpha value is -2.91. The van der Waals surface area contributed by atoms with Gasteiger partial charge in [0.25, 0.3) is 0 Å². The number of anilines is 1. The number of alkyl carbamates (subject to hydrolysis) is 1. The summed E-state index contributed by atoms with van der Waals surface area (Å²) in [5, 5.41) is 3.65. The van der Waals surface area contributed by atoms with Crippen LogP contribution in [0.25, 0.3) is 5.57 Å². The molecular formula is C23H29N3O4S2. The molecule has 0 aliphatic carbocycles. The van der Waals surface area contributed by atoms with E-state index in [0.717, 1.165) is 21.0 Å². The predicted molar refractivity (Wildman–Crippen MR) is 131 cm³/mol. The van der Waals surface area contributed by atoms with Crippen LogP contribution in [0.4, 0.5) is 10.5 Å². The lowest BCUT2D eigenvalue weighted by atomic mass is 10.1. The summed E-state index contributed by atoms with van der Waals surface area (Å²) >= 11 is 1.48. The summed E-state index contributed by atoms with van der Waals surface area (Å²) in [6, 6.07) is 6.55. The number of carbonyl (C=O) groups is 1. The minimum absolute atomic E-state index is 0.422. The Morgan fingerprint density at radius 3 is 2.53 bits per heavy atom. The second kappa shape index (κ2) is 11.6. The SMILES string of the molecule is C=C/C=C(\C=C/C)c1cnc([C@H](Cc2ccc(N[SH](=O)=O)cc2)NC(=O)OC(C)(C)C)s1. The van der Waals surface area contributed by atoms with Crippen molar-refractivity contribution >= 4 is 39.6 Å². The van der Waals surface area contributed by atoms with Gasteiger partial charge >= 0.3 is 6.09 Å². The molecule has 0 radical (unpaired) electrons. The minimum atomic E-state index is -2.72. The molecule has 1 heterocycles. The zero-order chi connectivity index (χ0) is 23.7. The van der Waals surface area contributed by atoms with Crippen LogP contribution in [0.15, 0.2) is 61.3 Å². The molecule has 1 amide bonds. The van der Waals surface area contributed by atoms with Gasteiger partial charge < -0.3 is 10.1 Å². The van der Waals surface area contributed by atoms with Gasteiger partial charge in [0.2, 0.25) is 10.9 Å². The summed E-state index contributed by atoms with van der Waals surface area (Å²) in [5.74, 6) is 0. The number of hydrogen-bond donors (Lipinski definition) is 3. The molecule has 0 saturated carbocycles. The van der Waals surface area contributed by atoms with Crippen molar-refractivity contribution < 1.29 is 17.9 Å². The number of nitrogens with zero attached hydrogens (tertiary/aromatic N) is 1. The first-order valence-electron chi connectivity index (χ1n) is 10.0. The Kier molecular flexibility index (Phi) is 9.22. The van der Waals surface area contributed by atoms with E-state index < -0.39 is 28.6 Å². The summed E-state index contributed by atoms with van der Waals surface area (Å²) in [6.45, 7) is 11.1. The van der Waals surface area contributed by atoms with Crippen LogP contribution in [0.5, 0.6) is 0 Å². The van der Waals surface area contributed by atoms with Crippen LogP contribution in [0.2, 0.25) is 0 Å². The second-order valence-electron chi connectivity index (χ2n) is 7.89. The Labute approximate surface area is 195 Å². The third-order valence-corrected chi connectivity index (χ3v) is 5.66. The monoisotopic (exact) mass is 475 g/mol. The second-order valence-corrected chi connectivity index (χ2v) is 9.69. The largest absolute Gasteiger partial charge is 0.444 e. The maximum Gasteiger partial charge on any atom is 0.408 e. The highest BCUT2D eigenvalue weighted by molar-refractivity contribution is 7.73. The normalized spacial score (nSPS) is 13.2. The Morgan fingerprint density at radius 1 is 1.28 bits per heavy atom. The van der Waals surface area contributed by atoms with Crippen molar-refractivity contribution in [3.05, 3.63) is 76.8 Å². The van der Waals surface area contributed by atoms with Crippen molar-refractivity contribution in [3.63, 3.8) is 0 Å². The van der Waals surface area contributed by atoms with Gasteiger partial charge in [-0.05, 0) is 57.4 Å². The fraction of sp³-hybridized carbons (Fsp3) is 0.304. The number of thiazole rings is 1. The van der Waals surface area contributed by atoms with Crippen LogP contribution in [0, 0.1) is 0 Å². The first-order chi connectivity index (χ1) is 15.1. The van der Waals surface area contributed by atoms with E-state index in [4.69, 9.17) is 4.74 Å². The highest BCUT2D eigenvalue weighted by Gasteiger charge is 2.23. The van der Waals surface area contributed by atoms with Crippen LogP contribution >= 0.6 is 11.3 Å². The van der Waals surface area contributed by atoms with Crippen molar-refractivity contribution in [2.24, 2.45) is 0 Å². The first-order valence-corrected chi connectivity index (χ1v) is 12.0. The maximum absolute atomic E-state index is 12.5. The smallest absolute Gasteiger partial charge is 0.408 e. The number of benzene rings is 1. The number of thiol groups is 1. The van der Waals surface area contributed by atoms with Gasteiger partial charge in [0.05, 0.1) is 10.9 Å². The molecule has 9 heteroatoms. The molecule has 2 aromatic rings. The van der Waals surface area contributed by atoms with E-state index in [1.165, 1.54) is 11.3 Å². The molecule has 0 aliphatic heterocycles. The van der Waals surface area contributed by atoms with E-state index in [2.05, 4.69) is 21.6 Å². The Morgan fingerprint density at radius 2 is 1.97 bits per heavy atom. The number of carbonyl (C=O) groups excluding carboxylic acids is 1. The highest BCUT2D eigenvalue weighted by Crippen LogP contribution is 2.29. The number of ether oxygens (including phenoxy) is 1. The lowest BCUT2D eigenvalue weighted by Crippen LogP contribution is -2.35. The molecule has 2 N–H and O–H groups in total.